The number of aromatic nitrogens is 2. The molecule has 0 atom stereocenters. The monoisotopic (exact) mass is 876 g/mol. The van der Waals surface area contributed by atoms with Gasteiger partial charge in [-0.1, -0.05) is 87.9 Å². The van der Waals surface area contributed by atoms with Crippen molar-refractivity contribution in [3.05, 3.63) is 32.2 Å². The van der Waals surface area contributed by atoms with Gasteiger partial charge in [0.25, 0.3) is 0 Å². The Balaban J connectivity index is 0.00000924. The van der Waals surface area contributed by atoms with E-state index in [1.807, 2.05) is 0 Å². The molecular weight excluding hydrogens is 818 g/mol. The van der Waals surface area contributed by atoms with Gasteiger partial charge in [-0.2, -0.15) is 9.13 Å². The molecule has 0 unspecified atom stereocenters. The van der Waals surface area contributed by atoms with Gasteiger partial charge in [-0.25, -0.2) is 0 Å². The minimum atomic E-state index is -0.181. The highest BCUT2D eigenvalue weighted by Crippen LogP contribution is 2.15. The zero-order valence-corrected chi connectivity index (χ0v) is 33.8. The highest BCUT2D eigenvalue weighted by atomic mass is 127. The number of hydrogen-bond acceptors (Lipinski definition) is 6. The van der Waals surface area contributed by atoms with E-state index in [-0.39, 0.29) is 59.9 Å². The maximum Gasteiger partial charge on any atom is 0.305 e. The van der Waals surface area contributed by atoms with Crippen LogP contribution in [0.3, 0.4) is 0 Å². The topological polar surface area (TPSA) is 60.4 Å². The van der Waals surface area contributed by atoms with E-state index in [0.717, 1.165) is 25.9 Å². The molecule has 2 heterocycles. The fourth-order valence-corrected chi connectivity index (χ4v) is 7.16. The predicted octanol–water partition coefficient (Wildman–Crippen LogP) is 2.16. The van der Waals surface area contributed by atoms with E-state index in [0.29, 0.717) is 38.9 Å². The van der Waals surface area contributed by atoms with Crippen LogP contribution in [-0.2, 0) is 45.0 Å². The minimum Gasteiger partial charge on any atom is -1.00 e. The van der Waals surface area contributed by atoms with Gasteiger partial charge in [0.05, 0.1) is 23.0 Å². The van der Waals surface area contributed by atoms with Gasteiger partial charge in [0.1, 0.15) is 13.1 Å². The maximum atomic E-state index is 12.2. The summed E-state index contributed by atoms with van der Waals surface area (Å²) in [6, 6.07) is 0. The molecule has 0 aliphatic carbocycles. The fourth-order valence-electron chi connectivity index (χ4n) is 5.15. The van der Waals surface area contributed by atoms with Crippen molar-refractivity contribution < 1.29 is 76.2 Å². The number of unbranched alkanes of at least 4 members (excludes halogenated alkanes) is 11. The van der Waals surface area contributed by atoms with Gasteiger partial charge in [-0.15, -0.1) is 0 Å². The first-order valence-corrected chi connectivity index (χ1v) is 18.5. The lowest BCUT2D eigenvalue weighted by Crippen LogP contribution is -3.00. The second-order valence-electron chi connectivity index (χ2n) is 11.5. The second-order valence-corrected chi connectivity index (χ2v) is 13.4. The van der Waals surface area contributed by atoms with Crippen molar-refractivity contribution in [2.75, 3.05) is 13.2 Å². The second kappa shape index (κ2) is 27.7. The highest BCUT2D eigenvalue weighted by molar-refractivity contribution is 7.09. The molecule has 2 aromatic rings. The first kappa shape index (κ1) is 43.7. The summed E-state index contributed by atoms with van der Waals surface area (Å²) in [6.45, 7) is 11.8. The molecule has 0 fully saturated rings. The number of nitrogens with zero attached hydrogens (tertiary/aromatic N) is 2. The van der Waals surface area contributed by atoms with Crippen LogP contribution in [0.1, 0.15) is 138 Å². The zero-order valence-electron chi connectivity index (χ0n) is 27.8. The number of esters is 2. The fraction of sp³-hybridized carbons (Fsp3) is 0.765. The van der Waals surface area contributed by atoms with Crippen LogP contribution < -0.4 is 57.1 Å². The molecule has 0 aliphatic heterocycles. The third-order valence-corrected chi connectivity index (χ3v) is 10.3. The number of aryl methyl sites for hydroxylation is 2. The quantitative estimate of drug-likeness (QED) is 0.0666. The van der Waals surface area contributed by atoms with Crippen LogP contribution in [0.5, 0.6) is 0 Å². The number of halogens is 2. The van der Waals surface area contributed by atoms with Gasteiger partial charge in [0.15, 0.2) is 11.4 Å². The number of rotatable bonds is 25. The van der Waals surface area contributed by atoms with E-state index in [1.165, 1.54) is 98.2 Å². The lowest BCUT2D eigenvalue weighted by atomic mass is 10.1. The Bertz CT molecular complexity index is 949. The molecule has 6 nitrogen and oxygen atoms in total. The molecule has 0 N–H and O–H groups in total. The molecule has 0 saturated carbocycles. The van der Waals surface area contributed by atoms with E-state index in [2.05, 4.69) is 47.9 Å². The van der Waals surface area contributed by atoms with Crippen LogP contribution in [0.15, 0.2) is 11.0 Å². The average molecular weight is 877 g/mol. The number of carbonyl (C=O) groups excluding carboxylic acids is 2. The summed E-state index contributed by atoms with van der Waals surface area (Å²) < 4.78 is 15.6. The molecule has 2 rings (SSSR count). The number of ether oxygens (including phenoxy) is 2. The Morgan fingerprint density at radius 2 is 0.955 bits per heavy atom. The van der Waals surface area contributed by atoms with E-state index in [1.54, 1.807) is 22.7 Å². The van der Waals surface area contributed by atoms with Crippen molar-refractivity contribution in [3.63, 3.8) is 0 Å². The molecule has 0 saturated heterocycles. The van der Waals surface area contributed by atoms with Crippen LogP contribution in [0.25, 0.3) is 0 Å². The summed E-state index contributed by atoms with van der Waals surface area (Å²) in [4.78, 5) is 26.9. The highest BCUT2D eigenvalue weighted by Gasteiger charge is 2.17. The molecular formula is C34H58I2N2O4S2. The zero-order chi connectivity index (χ0) is 30.4. The minimum absolute atomic E-state index is 0. The smallest absolute Gasteiger partial charge is 0.305 e. The van der Waals surface area contributed by atoms with Crippen LogP contribution in [0.4, 0.5) is 0 Å². The largest absolute Gasteiger partial charge is 1.00 e. The van der Waals surface area contributed by atoms with Crippen LogP contribution >= 0.6 is 22.7 Å². The SMILES string of the molecule is CCCCCCCC[n+]1csc(CCOC(=O)CCCCC(=O)OCCc2sc[n+](CCCCCCCC)c2C)c1C.[I-].[I-]. The lowest BCUT2D eigenvalue weighted by molar-refractivity contribution is -0.698. The van der Waals surface area contributed by atoms with Crippen LogP contribution in [-0.4, -0.2) is 25.2 Å². The molecule has 254 valence electrons. The van der Waals surface area contributed by atoms with Crippen molar-refractivity contribution in [1.82, 2.24) is 0 Å². The first-order valence-electron chi connectivity index (χ1n) is 16.7. The van der Waals surface area contributed by atoms with Crippen LogP contribution in [0, 0.1) is 13.8 Å². The summed E-state index contributed by atoms with van der Waals surface area (Å²) in [5.41, 5.74) is 6.99. The Morgan fingerprint density at radius 1 is 0.591 bits per heavy atom. The standard InChI is InChI=1S/C34H58N2O4S2.2HI/c1-5-7-9-11-13-17-23-35-27-41-31(29(35)3)21-25-39-33(37)19-15-16-20-34(38)40-26-22-32-30(4)36(28-42-32)24-18-14-12-10-8-6-2;;/h27-28H,5-26H2,1-4H3;2*1H/q+2;;/p-2. The summed E-state index contributed by atoms with van der Waals surface area (Å²) in [5, 5.41) is 0. The van der Waals surface area contributed by atoms with Crippen molar-refractivity contribution >= 4 is 34.6 Å². The van der Waals surface area contributed by atoms with Crippen molar-refractivity contribution in [3.8, 4) is 0 Å². The van der Waals surface area contributed by atoms with E-state index < -0.39 is 0 Å². The Morgan fingerprint density at radius 3 is 1.34 bits per heavy atom. The summed E-state index contributed by atoms with van der Waals surface area (Å²) in [7, 11) is 0. The normalized spacial score (nSPS) is 10.7. The number of hydrogen-bond donors (Lipinski definition) is 0. The van der Waals surface area contributed by atoms with Gasteiger partial charge in [-0.3, -0.25) is 9.59 Å². The molecule has 2 aromatic heterocycles. The first-order chi connectivity index (χ1) is 20.5. The van der Waals surface area contributed by atoms with E-state index in [4.69, 9.17) is 9.47 Å². The molecule has 10 heteroatoms. The number of carbonyl (C=O) groups is 2. The molecule has 0 radical (unpaired) electrons. The molecule has 44 heavy (non-hydrogen) atoms. The van der Waals surface area contributed by atoms with Crippen molar-refractivity contribution in [2.24, 2.45) is 0 Å². The molecule has 0 amide bonds. The maximum absolute atomic E-state index is 12.2. The lowest BCUT2D eigenvalue weighted by Gasteiger charge is -2.05. The molecule has 0 spiro atoms. The summed E-state index contributed by atoms with van der Waals surface area (Å²) >= 11 is 3.51. The third kappa shape index (κ3) is 18.7. The van der Waals surface area contributed by atoms with Crippen molar-refractivity contribution in [1.29, 1.82) is 0 Å². The van der Waals surface area contributed by atoms with Gasteiger partial charge in [0.2, 0.25) is 11.0 Å². The van der Waals surface area contributed by atoms with Gasteiger partial charge in [0, 0.05) is 52.4 Å². The number of thiazole rings is 2. The third-order valence-electron chi connectivity index (χ3n) is 8.01. The van der Waals surface area contributed by atoms with Gasteiger partial charge in [-0.05, 0) is 25.7 Å². The summed E-state index contributed by atoms with van der Waals surface area (Å²) in [5.74, 6) is -0.361. The van der Waals surface area contributed by atoms with Crippen LogP contribution in [0.2, 0.25) is 0 Å². The van der Waals surface area contributed by atoms with Gasteiger partial charge < -0.3 is 57.4 Å². The van der Waals surface area contributed by atoms with Gasteiger partial charge >= 0.3 is 11.9 Å². The predicted molar refractivity (Wildman–Crippen MR) is 173 cm³/mol. The molecule has 0 aliphatic rings. The molecule has 0 bridgehead atoms. The van der Waals surface area contributed by atoms with Crippen molar-refractivity contribution in [2.45, 2.75) is 156 Å². The van der Waals surface area contributed by atoms with E-state index >= 15 is 0 Å². The van der Waals surface area contributed by atoms with E-state index in [9.17, 15) is 9.59 Å². The Hall–Kier alpha value is -0.340. The molecule has 0 aromatic carbocycles. The summed E-state index contributed by atoms with van der Waals surface area (Å²) in [6.07, 6.45) is 19.2. The Labute approximate surface area is 310 Å². The average Bonchev–Trinajstić information content (AvgIpc) is 3.51. The Kier molecular flexibility index (Phi) is 27.5.